The lowest BCUT2D eigenvalue weighted by molar-refractivity contribution is -0.119. The first-order chi connectivity index (χ1) is 9.95. The second-order valence-corrected chi connectivity index (χ2v) is 5.64. The number of nitrogen functional groups attached to an aromatic ring is 1. The summed E-state index contributed by atoms with van der Waals surface area (Å²) >= 11 is 0. The van der Waals surface area contributed by atoms with Crippen LogP contribution in [0.2, 0.25) is 0 Å². The topological polar surface area (TPSA) is 80.0 Å². The van der Waals surface area contributed by atoms with Crippen LogP contribution in [-0.4, -0.2) is 24.0 Å². The van der Waals surface area contributed by atoms with E-state index in [0.717, 1.165) is 22.3 Å². The van der Waals surface area contributed by atoms with Gasteiger partial charge in [-0.25, -0.2) is 0 Å². The molecule has 5 nitrogen and oxygen atoms in total. The van der Waals surface area contributed by atoms with E-state index in [1.807, 2.05) is 31.2 Å². The SMILES string of the molecule is Cc1cc(NCC(=O)NCC(C)C)c2cc(N)ccc2n1. The van der Waals surface area contributed by atoms with Gasteiger partial charge >= 0.3 is 0 Å². The second kappa shape index (κ2) is 6.43. The van der Waals surface area contributed by atoms with Crippen molar-refractivity contribution in [1.82, 2.24) is 10.3 Å². The van der Waals surface area contributed by atoms with E-state index in [4.69, 9.17) is 5.73 Å². The number of nitrogens with two attached hydrogens (primary N) is 1. The zero-order valence-corrected chi connectivity index (χ0v) is 12.7. The maximum atomic E-state index is 11.8. The molecule has 0 saturated heterocycles. The number of amides is 1. The Morgan fingerprint density at radius 2 is 2.10 bits per heavy atom. The summed E-state index contributed by atoms with van der Waals surface area (Å²) in [5, 5.41) is 6.98. The fourth-order valence-electron chi connectivity index (χ4n) is 2.08. The minimum absolute atomic E-state index is 0.0183. The average Bonchev–Trinajstić information content (AvgIpc) is 2.43. The predicted octanol–water partition coefficient (Wildman–Crippen LogP) is 2.31. The Labute approximate surface area is 124 Å². The van der Waals surface area contributed by atoms with Crippen molar-refractivity contribution < 1.29 is 4.79 Å². The largest absolute Gasteiger partial charge is 0.399 e. The minimum atomic E-state index is -0.0183. The zero-order valence-electron chi connectivity index (χ0n) is 12.7. The number of carbonyl (C=O) groups is 1. The summed E-state index contributed by atoms with van der Waals surface area (Å²) in [5.41, 5.74) is 9.16. The molecule has 1 aromatic carbocycles. The average molecular weight is 286 g/mol. The highest BCUT2D eigenvalue weighted by atomic mass is 16.1. The van der Waals surface area contributed by atoms with Crippen molar-refractivity contribution in [1.29, 1.82) is 0 Å². The van der Waals surface area contributed by atoms with Crippen molar-refractivity contribution in [3.63, 3.8) is 0 Å². The zero-order chi connectivity index (χ0) is 15.4. The normalized spacial score (nSPS) is 10.9. The first-order valence-corrected chi connectivity index (χ1v) is 7.13. The van der Waals surface area contributed by atoms with E-state index < -0.39 is 0 Å². The van der Waals surface area contributed by atoms with E-state index in [0.29, 0.717) is 18.2 Å². The fourth-order valence-corrected chi connectivity index (χ4v) is 2.08. The number of anilines is 2. The molecular weight excluding hydrogens is 264 g/mol. The Bertz CT molecular complexity index is 652. The van der Waals surface area contributed by atoms with Crippen molar-refractivity contribution in [3.05, 3.63) is 30.0 Å². The van der Waals surface area contributed by atoms with Crippen molar-refractivity contribution >= 4 is 28.2 Å². The molecule has 0 bridgehead atoms. The lowest BCUT2D eigenvalue weighted by Crippen LogP contribution is -2.32. The summed E-state index contributed by atoms with van der Waals surface area (Å²) in [6.07, 6.45) is 0. The number of rotatable bonds is 5. The van der Waals surface area contributed by atoms with E-state index in [-0.39, 0.29) is 12.5 Å². The van der Waals surface area contributed by atoms with Crippen LogP contribution in [0.15, 0.2) is 24.3 Å². The molecule has 4 N–H and O–H groups in total. The Hall–Kier alpha value is -2.30. The molecule has 112 valence electrons. The molecule has 0 spiro atoms. The van der Waals surface area contributed by atoms with Crippen LogP contribution in [0, 0.1) is 12.8 Å². The number of hydrogen-bond acceptors (Lipinski definition) is 4. The van der Waals surface area contributed by atoms with Crippen LogP contribution in [-0.2, 0) is 4.79 Å². The molecule has 21 heavy (non-hydrogen) atoms. The van der Waals surface area contributed by atoms with Gasteiger partial charge in [0, 0.05) is 29.0 Å². The highest BCUT2D eigenvalue weighted by Crippen LogP contribution is 2.25. The van der Waals surface area contributed by atoms with E-state index in [9.17, 15) is 4.79 Å². The molecule has 0 radical (unpaired) electrons. The molecule has 1 aromatic heterocycles. The van der Waals surface area contributed by atoms with Crippen LogP contribution < -0.4 is 16.4 Å². The lowest BCUT2D eigenvalue weighted by Gasteiger charge is -2.12. The van der Waals surface area contributed by atoms with Gasteiger partial charge in [0.1, 0.15) is 0 Å². The maximum absolute atomic E-state index is 11.8. The Kier molecular flexibility index (Phi) is 4.62. The molecule has 0 saturated carbocycles. The van der Waals surface area contributed by atoms with Gasteiger partial charge in [-0.05, 0) is 37.1 Å². The van der Waals surface area contributed by atoms with Gasteiger partial charge in [0.25, 0.3) is 0 Å². The monoisotopic (exact) mass is 286 g/mol. The van der Waals surface area contributed by atoms with E-state index in [1.165, 1.54) is 0 Å². The van der Waals surface area contributed by atoms with E-state index in [1.54, 1.807) is 0 Å². The van der Waals surface area contributed by atoms with Gasteiger partial charge in [-0.15, -0.1) is 0 Å². The molecule has 1 heterocycles. The Morgan fingerprint density at radius 1 is 1.33 bits per heavy atom. The lowest BCUT2D eigenvalue weighted by atomic mass is 10.1. The minimum Gasteiger partial charge on any atom is -0.399 e. The molecule has 0 unspecified atom stereocenters. The number of nitrogens with zero attached hydrogens (tertiary/aromatic N) is 1. The van der Waals surface area contributed by atoms with Gasteiger partial charge in [0.15, 0.2) is 0 Å². The predicted molar refractivity (Wildman–Crippen MR) is 87.2 cm³/mol. The number of hydrogen-bond donors (Lipinski definition) is 3. The second-order valence-electron chi connectivity index (χ2n) is 5.64. The molecule has 1 amide bonds. The van der Waals surface area contributed by atoms with Crippen molar-refractivity contribution in [2.24, 2.45) is 5.92 Å². The first-order valence-electron chi connectivity index (χ1n) is 7.13. The quantitative estimate of drug-likeness (QED) is 0.737. The third-order valence-electron chi connectivity index (χ3n) is 3.11. The fraction of sp³-hybridized carbons (Fsp3) is 0.375. The summed E-state index contributed by atoms with van der Waals surface area (Å²) in [6.45, 7) is 6.98. The van der Waals surface area contributed by atoms with Crippen molar-refractivity contribution in [2.75, 3.05) is 24.1 Å². The number of aryl methyl sites for hydroxylation is 1. The molecule has 2 rings (SSSR count). The summed E-state index contributed by atoms with van der Waals surface area (Å²) < 4.78 is 0. The summed E-state index contributed by atoms with van der Waals surface area (Å²) in [7, 11) is 0. The highest BCUT2D eigenvalue weighted by molar-refractivity contribution is 5.94. The summed E-state index contributed by atoms with van der Waals surface area (Å²) in [6, 6.07) is 7.52. The Morgan fingerprint density at radius 3 is 2.81 bits per heavy atom. The first kappa shape index (κ1) is 15.1. The summed E-state index contributed by atoms with van der Waals surface area (Å²) in [4.78, 5) is 16.3. The third-order valence-corrected chi connectivity index (χ3v) is 3.11. The van der Waals surface area contributed by atoms with Gasteiger partial charge in [0.05, 0.1) is 12.1 Å². The van der Waals surface area contributed by atoms with Crippen LogP contribution in [0.1, 0.15) is 19.5 Å². The molecule has 2 aromatic rings. The van der Waals surface area contributed by atoms with E-state index >= 15 is 0 Å². The molecule has 0 aliphatic rings. The number of benzene rings is 1. The number of nitrogens with one attached hydrogen (secondary N) is 2. The van der Waals surface area contributed by atoms with Gasteiger partial charge in [-0.1, -0.05) is 13.8 Å². The summed E-state index contributed by atoms with van der Waals surface area (Å²) in [5.74, 6) is 0.424. The Balaban J connectivity index is 2.14. The smallest absolute Gasteiger partial charge is 0.239 e. The van der Waals surface area contributed by atoms with Gasteiger partial charge in [-0.3, -0.25) is 9.78 Å². The van der Waals surface area contributed by atoms with E-state index in [2.05, 4.69) is 29.5 Å². The highest BCUT2D eigenvalue weighted by Gasteiger charge is 2.07. The number of fused-ring (bicyclic) bond motifs is 1. The van der Waals surface area contributed by atoms with Gasteiger partial charge < -0.3 is 16.4 Å². The van der Waals surface area contributed by atoms with Crippen molar-refractivity contribution in [3.8, 4) is 0 Å². The van der Waals surface area contributed by atoms with Crippen LogP contribution in [0.4, 0.5) is 11.4 Å². The molecule has 0 aliphatic heterocycles. The maximum Gasteiger partial charge on any atom is 0.239 e. The van der Waals surface area contributed by atoms with Gasteiger partial charge in [0.2, 0.25) is 5.91 Å². The van der Waals surface area contributed by atoms with Gasteiger partial charge in [-0.2, -0.15) is 0 Å². The van der Waals surface area contributed by atoms with Crippen LogP contribution >= 0.6 is 0 Å². The molecular formula is C16H22N4O. The van der Waals surface area contributed by atoms with Crippen molar-refractivity contribution in [2.45, 2.75) is 20.8 Å². The standard InChI is InChI=1S/C16H22N4O/c1-10(2)8-19-16(21)9-18-15-6-11(3)20-14-5-4-12(17)7-13(14)15/h4-7,10H,8-9,17H2,1-3H3,(H,18,20)(H,19,21). The molecule has 0 atom stereocenters. The number of carbonyl (C=O) groups excluding carboxylic acids is 1. The van der Waals surface area contributed by atoms with Crippen LogP contribution in [0.3, 0.4) is 0 Å². The molecule has 0 aliphatic carbocycles. The third kappa shape index (κ3) is 4.08. The number of pyridine rings is 1. The van der Waals surface area contributed by atoms with Crippen LogP contribution in [0.5, 0.6) is 0 Å². The van der Waals surface area contributed by atoms with Crippen LogP contribution in [0.25, 0.3) is 10.9 Å². The number of aromatic nitrogens is 1. The molecule has 5 heteroatoms. The molecule has 0 fully saturated rings.